The second-order valence-corrected chi connectivity index (χ2v) is 9.96. The molecule has 0 spiro atoms. The highest BCUT2D eigenvalue weighted by molar-refractivity contribution is 6.30. The number of carboxylic acid groups (broad SMARTS) is 1. The van der Waals surface area contributed by atoms with E-state index in [4.69, 9.17) is 21.4 Å². The Balaban J connectivity index is 1.74. The third-order valence-corrected chi connectivity index (χ3v) is 6.86. The lowest BCUT2D eigenvalue weighted by molar-refractivity contribution is -0.141. The number of para-hydroxylation sites is 1. The van der Waals surface area contributed by atoms with Crippen molar-refractivity contribution in [1.82, 2.24) is 10.3 Å². The predicted molar refractivity (Wildman–Crippen MR) is 150 cm³/mol. The second-order valence-electron chi connectivity index (χ2n) is 9.53. The number of hydrogen-bond acceptors (Lipinski definition) is 4. The Morgan fingerprint density at radius 1 is 1.00 bits per heavy atom. The van der Waals surface area contributed by atoms with Gasteiger partial charge in [0.1, 0.15) is 17.5 Å². The minimum Gasteiger partial charge on any atom is -0.484 e. The number of amides is 1. The Hall–Kier alpha value is -4.11. The number of hydrogen-bond donors (Lipinski definition) is 2. The number of alkyl halides is 3. The summed E-state index contributed by atoms with van der Waals surface area (Å²) in [7, 11) is 0. The van der Waals surface area contributed by atoms with Crippen molar-refractivity contribution in [3.8, 4) is 5.75 Å². The van der Waals surface area contributed by atoms with Gasteiger partial charge in [0.05, 0.1) is 11.9 Å². The summed E-state index contributed by atoms with van der Waals surface area (Å²) in [6, 6.07) is 21.3. The molecule has 41 heavy (non-hydrogen) atoms. The minimum atomic E-state index is -4.67. The molecule has 2 N–H and O–H groups in total. The summed E-state index contributed by atoms with van der Waals surface area (Å²) < 4.78 is 47.8. The number of fused-ring (bicyclic) bond motifs is 1. The van der Waals surface area contributed by atoms with Gasteiger partial charge in [-0.25, -0.2) is 4.98 Å². The van der Waals surface area contributed by atoms with Crippen molar-refractivity contribution in [3.05, 3.63) is 106 Å². The Labute approximate surface area is 240 Å². The number of carbonyl (C=O) groups excluding carboxylic acids is 1. The summed E-state index contributed by atoms with van der Waals surface area (Å²) in [4.78, 5) is 27.0. The number of benzene rings is 3. The van der Waals surface area contributed by atoms with Crippen molar-refractivity contribution in [2.24, 2.45) is 0 Å². The molecule has 0 aliphatic rings. The van der Waals surface area contributed by atoms with E-state index in [1.807, 2.05) is 6.92 Å². The van der Waals surface area contributed by atoms with Crippen LogP contribution in [0.25, 0.3) is 10.9 Å². The highest BCUT2D eigenvalue weighted by Gasteiger charge is 2.35. The molecule has 1 aromatic heterocycles. The van der Waals surface area contributed by atoms with E-state index < -0.39 is 29.9 Å². The van der Waals surface area contributed by atoms with Crippen LogP contribution in [0.15, 0.2) is 78.9 Å². The standard InChI is InChI=1S/C31H28ClF3N2O4/c1-2-5-23(19-8-10-21(11-9-19)30(40)36-17-16-28(38)39)29(20-12-14-22(32)15-13-20)41-26-18-27(31(33,34)35)37-25-7-4-3-6-24(25)26/h3-4,6-15,18,23,29H,2,5,16-17H2,1H3,(H,36,40)(H,38,39)/t23-,29?/m1/s1. The first kappa shape index (κ1) is 29.9. The molecule has 10 heteroatoms. The molecule has 1 heterocycles. The van der Waals surface area contributed by atoms with Gasteiger partial charge < -0.3 is 15.2 Å². The SMILES string of the molecule is CCC[C@H](c1ccc(C(=O)NCCC(=O)O)cc1)C(Oc1cc(C(F)(F)F)nc2ccccc12)c1ccc(Cl)cc1. The maximum atomic E-state index is 13.8. The van der Waals surface area contributed by atoms with Crippen LogP contribution in [-0.2, 0) is 11.0 Å². The Morgan fingerprint density at radius 2 is 1.66 bits per heavy atom. The second kappa shape index (κ2) is 13.0. The lowest BCUT2D eigenvalue weighted by Crippen LogP contribution is -2.26. The molecular weight excluding hydrogens is 557 g/mol. The molecule has 4 rings (SSSR count). The van der Waals surface area contributed by atoms with Gasteiger partial charge in [0.25, 0.3) is 5.91 Å². The van der Waals surface area contributed by atoms with Gasteiger partial charge in [0, 0.05) is 34.5 Å². The first-order chi connectivity index (χ1) is 19.6. The van der Waals surface area contributed by atoms with Gasteiger partial charge in [0.2, 0.25) is 0 Å². The molecule has 4 aromatic rings. The molecule has 0 saturated carbocycles. The zero-order valence-corrected chi connectivity index (χ0v) is 22.9. The predicted octanol–water partition coefficient (Wildman–Crippen LogP) is 7.82. The summed E-state index contributed by atoms with van der Waals surface area (Å²) in [6.45, 7) is 2.00. The van der Waals surface area contributed by atoms with Crippen molar-refractivity contribution in [3.63, 3.8) is 0 Å². The van der Waals surface area contributed by atoms with Crippen LogP contribution in [0.4, 0.5) is 13.2 Å². The molecular formula is C31H28ClF3N2O4. The van der Waals surface area contributed by atoms with Crippen LogP contribution in [0.1, 0.15) is 65.4 Å². The average Bonchev–Trinajstić information content (AvgIpc) is 2.94. The van der Waals surface area contributed by atoms with Gasteiger partial charge in [-0.2, -0.15) is 13.2 Å². The molecule has 0 radical (unpaired) electrons. The minimum absolute atomic E-state index is 0.000656. The fraction of sp³-hybridized carbons (Fsp3) is 0.258. The van der Waals surface area contributed by atoms with E-state index in [1.54, 1.807) is 66.7 Å². The lowest BCUT2D eigenvalue weighted by atomic mass is 9.85. The largest absolute Gasteiger partial charge is 0.484 e. The van der Waals surface area contributed by atoms with Crippen LogP contribution >= 0.6 is 11.6 Å². The molecule has 214 valence electrons. The fourth-order valence-electron chi connectivity index (χ4n) is 4.63. The van der Waals surface area contributed by atoms with Crippen LogP contribution in [0.5, 0.6) is 5.75 Å². The summed E-state index contributed by atoms with van der Waals surface area (Å²) in [6.07, 6.45) is -4.17. The summed E-state index contributed by atoms with van der Waals surface area (Å²) in [5.41, 5.74) is 1.01. The number of ether oxygens (including phenoxy) is 1. The van der Waals surface area contributed by atoms with Crippen LogP contribution in [-0.4, -0.2) is 28.5 Å². The number of carboxylic acids is 1. The molecule has 0 fully saturated rings. The van der Waals surface area contributed by atoms with Crippen molar-refractivity contribution in [2.45, 2.75) is 44.4 Å². The number of nitrogens with zero attached hydrogens (tertiary/aromatic N) is 1. The van der Waals surface area contributed by atoms with E-state index in [-0.39, 0.29) is 30.1 Å². The van der Waals surface area contributed by atoms with Crippen molar-refractivity contribution < 1.29 is 32.6 Å². The normalized spacial score (nSPS) is 13.0. The van der Waals surface area contributed by atoms with Gasteiger partial charge in [-0.15, -0.1) is 0 Å². The van der Waals surface area contributed by atoms with Crippen molar-refractivity contribution in [2.75, 3.05) is 6.54 Å². The van der Waals surface area contributed by atoms with Gasteiger partial charge >= 0.3 is 12.1 Å². The van der Waals surface area contributed by atoms with Crippen molar-refractivity contribution >= 4 is 34.4 Å². The van der Waals surface area contributed by atoms with Gasteiger partial charge in [-0.05, 0) is 53.9 Å². The molecule has 6 nitrogen and oxygen atoms in total. The number of aromatic nitrogens is 1. The molecule has 1 unspecified atom stereocenters. The monoisotopic (exact) mass is 584 g/mol. The quantitative estimate of drug-likeness (QED) is 0.188. The molecule has 1 amide bonds. The summed E-state index contributed by atoms with van der Waals surface area (Å²) >= 11 is 6.14. The van der Waals surface area contributed by atoms with E-state index in [0.717, 1.165) is 23.6 Å². The van der Waals surface area contributed by atoms with Crippen LogP contribution in [0.3, 0.4) is 0 Å². The molecule has 3 aromatic carbocycles. The number of aliphatic carboxylic acids is 1. The molecule has 0 saturated heterocycles. The molecule has 2 atom stereocenters. The molecule has 0 aliphatic heterocycles. The molecule has 0 bridgehead atoms. The van der Waals surface area contributed by atoms with Gasteiger partial charge in [0.15, 0.2) is 0 Å². The summed E-state index contributed by atoms with van der Waals surface area (Å²) in [5, 5.41) is 12.3. The highest BCUT2D eigenvalue weighted by atomic mass is 35.5. The maximum absolute atomic E-state index is 13.8. The zero-order chi connectivity index (χ0) is 29.6. The first-order valence-corrected chi connectivity index (χ1v) is 13.4. The summed E-state index contributed by atoms with van der Waals surface area (Å²) in [5.74, 6) is -1.66. The third kappa shape index (κ3) is 7.55. The molecule has 0 aliphatic carbocycles. The van der Waals surface area contributed by atoms with E-state index in [0.29, 0.717) is 22.4 Å². The van der Waals surface area contributed by atoms with E-state index >= 15 is 0 Å². The van der Waals surface area contributed by atoms with Crippen LogP contribution in [0.2, 0.25) is 5.02 Å². The smallest absolute Gasteiger partial charge is 0.433 e. The average molecular weight is 585 g/mol. The first-order valence-electron chi connectivity index (χ1n) is 13.1. The van der Waals surface area contributed by atoms with Gasteiger partial charge in [-0.3, -0.25) is 9.59 Å². The number of halogens is 4. The zero-order valence-electron chi connectivity index (χ0n) is 22.1. The number of nitrogens with one attached hydrogen (secondary N) is 1. The van der Waals surface area contributed by atoms with E-state index in [9.17, 15) is 22.8 Å². The highest BCUT2D eigenvalue weighted by Crippen LogP contribution is 2.42. The fourth-order valence-corrected chi connectivity index (χ4v) is 4.75. The Morgan fingerprint density at radius 3 is 2.29 bits per heavy atom. The van der Waals surface area contributed by atoms with Crippen LogP contribution in [0, 0.1) is 0 Å². The third-order valence-electron chi connectivity index (χ3n) is 6.61. The number of rotatable bonds is 11. The van der Waals surface area contributed by atoms with E-state index in [2.05, 4.69) is 10.3 Å². The lowest BCUT2D eigenvalue weighted by Gasteiger charge is -2.30. The Kier molecular flexibility index (Phi) is 9.50. The van der Waals surface area contributed by atoms with Crippen molar-refractivity contribution in [1.29, 1.82) is 0 Å². The van der Waals surface area contributed by atoms with Crippen LogP contribution < -0.4 is 10.1 Å². The topological polar surface area (TPSA) is 88.5 Å². The number of pyridine rings is 1. The van der Waals surface area contributed by atoms with Gasteiger partial charge in [-0.1, -0.05) is 61.3 Å². The maximum Gasteiger partial charge on any atom is 0.433 e. The Bertz CT molecular complexity index is 1510. The number of carbonyl (C=O) groups is 2. The van der Waals surface area contributed by atoms with E-state index in [1.165, 1.54) is 6.07 Å².